The summed E-state index contributed by atoms with van der Waals surface area (Å²) in [6.45, 7) is 2.22. The van der Waals surface area contributed by atoms with E-state index in [1.807, 2.05) is 11.8 Å². The largest absolute Gasteiger partial charge is 0.497 e. The molecule has 108 valence electrons. The second-order valence-corrected chi connectivity index (χ2v) is 6.86. The number of hydrogen-bond acceptors (Lipinski definition) is 2. The zero-order valence-electron chi connectivity index (χ0n) is 12.5. The molecule has 21 heavy (non-hydrogen) atoms. The highest BCUT2D eigenvalue weighted by atomic mass is 32.2. The van der Waals surface area contributed by atoms with E-state index < -0.39 is 0 Å². The maximum absolute atomic E-state index is 5.25. The molecule has 1 heterocycles. The van der Waals surface area contributed by atoms with Crippen LogP contribution in [0.15, 0.2) is 65.6 Å². The summed E-state index contributed by atoms with van der Waals surface area (Å²) in [7, 11) is 1.71. The summed E-state index contributed by atoms with van der Waals surface area (Å²) in [4.78, 5) is 1.41. The first-order valence-electron chi connectivity index (χ1n) is 7.30. The predicted molar refractivity (Wildman–Crippen MR) is 90.9 cm³/mol. The van der Waals surface area contributed by atoms with E-state index in [9.17, 15) is 0 Å². The lowest BCUT2D eigenvalue weighted by atomic mass is 9.91. The van der Waals surface area contributed by atoms with Gasteiger partial charge >= 0.3 is 0 Å². The van der Waals surface area contributed by atoms with Gasteiger partial charge in [-0.3, -0.25) is 0 Å². The van der Waals surface area contributed by atoms with E-state index in [2.05, 4.69) is 67.6 Å². The Balaban J connectivity index is 1.83. The Hall–Kier alpha value is -1.67. The highest BCUT2D eigenvalue weighted by Gasteiger charge is 2.23. The van der Waals surface area contributed by atoms with E-state index in [4.69, 9.17) is 4.74 Å². The van der Waals surface area contributed by atoms with Gasteiger partial charge in [-0.2, -0.15) is 0 Å². The van der Waals surface area contributed by atoms with E-state index in [1.165, 1.54) is 16.0 Å². The molecule has 0 N–H and O–H groups in total. The van der Waals surface area contributed by atoms with Crippen molar-refractivity contribution in [1.29, 1.82) is 0 Å². The molecule has 2 aromatic carbocycles. The zero-order valence-corrected chi connectivity index (χ0v) is 13.3. The topological polar surface area (TPSA) is 9.23 Å². The Labute approximate surface area is 131 Å². The van der Waals surface area contributed by atoms with E-state index in [1.54, 1.807) is 7.11 Å². The van der Waals surface area contributed by atoms with Crippen molar-refractivity contribution in [1.82, 2.24) is 0 Å². The van der Waals surface area contributed by atoms with Crippen molar-refractivity contribution in [2.45, 2.75) is 24.5 Å². The molecule has 2 unspecified atom stereocenters. The van der Waals surface area contributed by atoms with Gasteiger partial charge in [0.15, 0.2) is 0 Å². The van der Waals surface area contributed by atoms with Gasteiger partial charge in [0.2, 0.25) is 0 Å². The maximum atomic E-state index is 5.25. The van der Waals surface area contributed by atoms with Crippen molar-refractivity contribution >= 4 is 11.8 Å². The van der Waals surface area contributed by atoms with Crippen molar-refractivity contribution in [2.24, 2.45) is 0 Å². The second kappa shape index (κ2) is 6.40. The van der Waals surface area contributed by atoms with E-state index in [0.717, 1.165) is 12.2 Å². The lowest BCUT2D eigenvalue weighted by molar-refractivity contribution is 0.414. The molecule has 0 aromatic heterocycles. The van der Waals surface area contributed by atoms with Crippen molar-refractivity contribution in [2.75, 3.05) is 7.11 Å². The summed E-state index contributed by atoms with van der Waals surface area (Å²) >= 11 is 1.97. The van der Waals surface area contributed by atoms with Crippen molar-refractivity contribution in [3.05, 3.63) is 76.7 Å². The Morgan fingerprint density at radius 2 is 1.67 bits per heavy atom. The van der Waals surface area contributed by atoms with Crippen LogP contribution in [0.2, 0.25) is 0 Å². The van der Waals surface area contributed by atoms with Crippen molar-refractivity contribution in [3.63, 3.8) is 0 Å². The van der Waals surface area contributed by atoms with Crippen LogP contribution in [0.1, 0.15) is 35.6 Å². The molecule has 1 nitrogen and oxygen atoms in total. The van der Waals surface area contributed by atoms with Crippen molar-refractivity contribution in [3.8, 4) is 5.75 Å². The fourth-order valence-electron chi connectivity index (χ4n) is 2.85. The highest BCUT2D eigenvalue weighted by Crippen LogP contribution is 2.47. The molecule has 0 aliphatic carbocycles. The van der Waals surface area contributed by atoms with Crippen LogP contribution in [0, 0.1) is 0 Å². The SMILES string of the molecule is COc1ccc(C2CC(c3ccccc3)C=C(C)S2)cc1. The Bertz CT molecular complexity index is 616. The smallest absolute Gasteiger partial charge is 0.118 e. The summed E-state index contributed by atoms with van der Waals surface area (Å²) in [6, 6.07) is 19.3. The molecule has 2 heteroatoms. The molecular formula is C19H20OS. The highest BCUT2D eigenvalue weighted by molar-refractivity contribution is 8.03. The van der Waals surface area contributed by atoms with Crippen molar-refractivity contribution < 1.29 is 4.74 Å². The van der Waals surface area contributed by atoms with Gasteiger partial charge in [0, 0.05) is 11.2 Å². The molecule has 2 atom stereocenters. The lowest BCUT2D eigenvalue weighted by Crippen LogP contribution is -2.07. The Morgan fingerprint density at radius 1 is 0.952 bits per heavy atom. The number of methoxy groups -OCH3 is 1. The third-order valence-corrected chi connectivity index (χ3v) is 5.20. The van der Waals surface area contributed by atoms with Gasteiger partial charge in [0.05, 0.1) is 7.11 Å². The first-order chi connectivity index (χ1) is 10.3. The summed E-state index contributed by atoms with van der Waals surface area (Å²) in [6.07, 6.45) is 3.55. The molecule has 1 aliphatic rings. The minimum Gasteiger partial charge on any atom is -0.497 e. The number of ether oxygens (including phenoxy) is 1. The minimum absolute atomic E-state index is 0.513. The molecule has 0 saturated heterocycles. The standard InChI is InChI=1S/C19H20OS/c1-14-12-17(15-6-4-3-5-7-15)13-19(21-14)16-8-10-18(20-2)11-9-16/h3-12,17,19H,13H2,1-2H3. The minimum atomic E-state index is 0.513. The monoisotopic (exact) mass is 296 g/mol. The summed E-state index contributed by atoms with van der Waals surface area (Å²) in [5.74, 6) is 1.44. The van der Waals surface area contributed by atoms with Crippen LogP contribution in [0.3, 0.4) is 0 Å². The Kier molecular flexibility index (Phi) is 4.35. The number of hydrogen-bond donors (Lipinski definition) is 0. The fraction of sp³-hybridized carbons (Fsp3) is 0.263. The van der Waals surface area contributed by atoms with Gasteiger partial charge in [0.25, 0.3) is 0 Å². The van der Waals surface area contributed by atoms with Gasteiger partial charge in [0.1, 0.15) is 5.75 Å². The Morgan fingerprint density at radius 3 is 2.33 bits per heavy atom. The molecule has 1 aliphatic heterocycles. The first-order valence-corrected chi connectivity index (χ1v) is 8.18. The average molecular weight is 296 g/mol. The summed E-state index contributed by atoms with van der Waals surface area (Å²) in [5, 5.41) is 0.520. The van der Waals surface area contributed by atoms with E-state index in [-0.39, 0.29) is 0 Å². The number of allylic oxidation sites excluding steroid dienone is 2. The van der Waals surface area contributed by atoms with Crippen LogP contribution in [0.5, 0.6) is 5.75 Å². The van der Waals surface area contributed by atoms with Gasteiger partial charge < -0.3 is 4.74 Å². The normalized spacial score (nSPS) is 21.7. The van der Waals surface area contributed by atoms with Crippen LogP contribution in [-0.2, 0) is 0 Å². The first kappa shape index (κ1) is 14.3. The molecule has 0 radical (unpaired) electrons. The second-order valence-electron chi connectivity index (χ2n) is 5.41. The van der Waals surface area contributed by atoms with E-state index in [0.29, 0.717) is 11.2 Å². The third kappa shape index (κ3) is 3.33. The molecule has 0 amide bonds. The molecule has 0 bridgehead atoms. The van der Waals surface area contributed by atoms with Crippen LogP contribution >= 0.6 is 11.8 Å². The molecule has 0 fully saturated rings. The zero-order chi connectivity index (χ0) is 14.7. The summed E-state index contributed by atoms with van der Waals surface area (Å²) in [5.41, 5.74) is 2.80. The predicted octanol–water partition coefficient (Wildman–Crippen LogP) is 5.56. The number of rotatable bonds is 3. The van der Waals surface area contributed by atoms with Crippen LogP contribution in [-0.4, -0.2) is 7.11 Å². The van der Waals surface area contributed by atoms with Gasteiger partial charge in [-0.25, -0.2) is 0 Å². The number of benzene rings is 2. The van der Waals surface area contributed by atoms with Gasteiger partial charge in [-0.05, 0) is 41.5 Å². The fourth-order valence-corrected chi connectivity index (χ4v) is 4.14. The van der Waals surface area contributed by atoms with Gasteiger partial charge in [-0.1, -0.05) is 48.5 Å². The molecular weight excluding hydrogens is 276 g/mol. The van der Waals surface area contributed by atoms with Gasteiger partial charge in [-0.15, -0.1) is 11.8 Å². The quantitative estimate of drug-likeness (QED) is 0.733. The molecule has 3 rings (SSSR count). The van der Waals surface area contributed by atoms with Crippen LogP contribution in [0.25, 0.3) is 0 Å². The molecule has 0 spiro atoms. The van der Waals surface area contributed by atoms with Crippen LogP contribution in [0.4, 0.5) is 0 Å². The number of thioether (sulfide) groups is 1. The average Bonchev–Trinajstić information content (AvgIpc) is 2.55. The lowest BCUT2D eigenvalue weighted by Gasteiger charge is -2.27. The van der Waals surface area contributed by atoms with E-state index >= 15 is 0 Å². The summed E-state index contributed by atoms with van der Waals surface area (Å²) < 4.78 is 5.25. The maximum Gasteiger partial charge on any atom is 0.118 e. The molecule has 0 saturated carbocycles. The third-order valence-electron chi connectivity index (χ3n) is 3.95. The van der Waals surface area contributed by atoms with Crippen LogP contribution < -0.4 is 4.74 Å². The molecule has 2 aromatic rings.